The molecular weight excluding hydrogens is 180 g/mol. The molecule has 0 amide bonds. The van der Waals surface area contributed by atoms with Crippen LogP contribution in [0.2, 0.25) is 0 Å². The summed E-state index contributed by atoms with van der Waals surface area (Å²) >= 11 is 0. The minimum Gasteiger partial charge on any atom is -0.0949 e. The van der Waals surface area contributed by atoms with Gasteiger partial charge in [0.05, 0.1) is 0 Å². The van der Waals surface area contributed by atoms with E-state index in [9.17, 15) is 0 Å². The Balaban J connectivity index is 2.25. The molecule has 0 nitrogen and oxygen atoms in total. The second-order valence-corrected chi connectivity index (χ2v) is 4.27. The van der Waals surface area contributed by atoms with Crippen LogP contribution in [0.25, 0.3) is 11.1 Å². The van der Waals surface area contributed by atoms with E-state index in [2.05, 4.69) is 43.0 Å². The van der Waals surface area contributed by atoms with Gasteiger partial charge in [-0.25, -0.2) is 0 Å². The normalized spacial score (nSPS) is 18.8. The third kappa shape index (κ3) is 1.29. The fourth-order valence-corrected chi connectivity index (χ4v) is 2.57. The van der Waals surface area contributed by atoms with Crippen molar-refractivity contribution >= 4 is 11.1 Å². The van der Waals surface area contributed by atoms with Crippen molar-refractivity contribution in [2.24, 2.45) is 0 Å². The van der Waals surface area contributed by atoms with Gasteiger partial charge < -0.3 is 0 Å². The average Bonchev–Trinajstić information content (AvgIpc) is 2.30. The predicted octanol–water partition coefficient (Wildman–Crippen LogP) is 4.21. The summed E-state index contributed by atoms with van der Waals surface area (Å²) in [7, 11) is 0. The molecule has 0 heteroatoms. The SMILES string of the molecule is C=C1CC2=C(CCC=C2)c2ccccc21. The Morgan fingerprint density at radius 3 is 2.73 bits per heavy atom. The molecule has 0 bridgehead atoms. The minimum absolute atomic E-state index is 1.03. The van der Waals surface area contributed by atoms with Crippen LogP contribution in [-0.2, 0) is 0 Å². The van der Waals surface area contributed by atoms with E-state index in [0.29, 0.717) is 0 Å². The van der Waals surface area contributed by atoms with Crippen LogP contribution in [-0.4, -0.2) is 0 Å². The third-order valence-corrected chi connectivity index (χ3v) is 3.30. The maximum atomic E-state index is 4.18. The summed E-state index contributed by atoms with van der Waals surface area (Å²) in [6.07, 6.45) is 7.96. The highest BCUT2D eigenvalue weighted by molar-refractivity contribution is 5.88. The summed E-state index contributed by atoms with van der Waals surface area (Å²) in [5.41, 5.74) is 7.04. The van der Waals surface area contributed by atoms with Crippen LogP contribution in [0.1, 0.15) is 30.4 Å². The van der Waals surface area contributed by atoms with Gasteiger partial charge in [0.2, 0.25) is 0 Å². The Morgan fingerprint density at radius 2 is 1.87 bits per heavy atom. The fraction of sp³-hybridized carbons (Fsp3) is 0.200. The summed E-state index contributed by atoms with van der Waals surface area (Å²) in [5.74, 6) is 0. The Kier molecular flexibility index (Phi) is 1.88. The number of hydrogen-bond donors (Lipinski definition) is 0. The molecule has 0 fully saturated rings. The first kappa shape index (κ1) is 8.72. The van der Waals surface area contributed by atoms with E-state index >= 15 is 0 Å². The van der Waals surface area contributed by atoms with Crippen molar-refractivity contribution in [2.75, 3.05) is 0 Å². The summed E-state index contributed by atoms with van der Waals surface area (Å²) in [5, 5.41) is 0. The van der Waals surface area contributed by atoms with Crippen LogP contribution in [0.5, 0.6) is 0 Å². The summed E-state index contributed by atoms with van der Waals surface area (Å²) in [6.45, 7) is 4.18. The maximum absolute atomic E-state index is 4.18. The van der Waals surface area contributed by atoms with Gasteiger partial charge in [-0.3, -0.25) is 0 Å². The van der Waals surface area contributed by atoms with Gasteiger partial charge in [-0.15, -0.1) is 0 Å². The van der Waals surface area contributed by atoms with Gasteiger partial charge in [-0.1, -0.05) is 43.0 Å². The van der Waals surface area contributed by atoms with Crippen molar-refractivity contribution in [1.29, 1.82) is 0 Å². The van der Waals surface area contributed by atoms with Gasteiger partial charge >= 0.3 is 0 Å². The largest absolute Gasteiger partial charge is 0.0949 e. The highest BCUT2D eigenvalue weighted by Crippen LogP contribution is 2.41. The molecule has 2 aliphatic rings. The second kappa shape index (κ2) is 3.23. The zero-order valence-corrected chi connectivity index (χ0v) is 8.79. The van der Waals surface area contributed by atoms with Crippen molar-refractivity contribution in [2.45, 2.75) is 19.3 Å². The first-order valence-corrected chi connectivity index (χ1v) is 5.52. The molecule has 2 aliphatic carbocycles. The predicted molar refractivity (Wildman–Crippen MR) is 65.4 cm³/mol. The Labute approximate surface area is 90.6 Å². The monoisotopic (exact) mass is 194 g/mol. The number of hydrogen-bond acceptors (Lipinski definition) is 0. The van der Waals surface area contributed by atoms with E-state index in [1.807, 2.05) is 0 Å². The number of rotatable bonds is 0. The van der Waals surface area contributed by atoms with E-state index in [1.54, 1.807) is 5.57 Å². The van der Waals surface area contributed by atoms with E-state index in [4.69, 9.17) is 0 Å². The molecule has 0 aliphatic heterocycles. The standard InChI is InChI=1S/C15H14/c1-11-10-12-6-2-3-8-14(12)15-9-5-4-7-13(11)15/h2,4-7,9H,1,3,8,10H2. The van der Waals surface area contributed by atoms with E-state index < -0.39 is 0 Å². The molecule has 0 saturated carbocycles. The fourth-order valence-electron chi connectivity index (χ4n) is 2.57. The Morgan fingerprint density at radius 1 is 1.07 bits per heavy atom. The molecule has 0 atom stereocenters. The molecule has 74 valence electrons. The lowest BCUT2D eigenvalue weighted by molar-refractivity contribution is 1.01. The Hall–Kier alpha value is -1.56. The highest BCUT2D eigenvalue weighted by Gasteiger charge is 2.20. The average molecular weight is 194 g/mol. The smallest absolute Gasteiger partial charge is 0.00227 e. The van der Waals surface area contributed by atoms with Gasteiger partial charge in [0, 0.05) is 0 Å². The molecule has 0 N–H and O–H groups in total. The van der Waals surface area contributed by atoms with Crippen LogP contribution >= 0.6 is 0 Å². The van der Waals surface area contributed by atoms with Crippen molar-refractivity contribution in [1.82, 2.24) is 0 Å². The first-order chi connectivity index (χ1) is 7.36. The third-order valence-electron chi connectivity index (χ3n) is 3.30. The van der Waals surface area contributed by atoms with Crippen molar-refractivity contribution in [3.8, 4) is 0 Å². The van der Waals surface area contributed by atoms with E-state index in [0.717, 1.165) is 6.42 Å². The van der Waals surface area contributed by atoms with E-state index in [1.165, 1.54) is 35.1 Å². The lowest BCUT2D eigenvalue weighted by Gasteiger charge is -2.25. The molecular formula is C15H14. The maximum Gasteiger partial charge on any atom is -0.00227 e. The van der Waals surface area contributed by atoms with Crippen LogP contribution in [0.15, 0.2) is 48.6 Å². The number of allylic oxidation sites excluding steroid dienone is 5. The molecule has 0 unspecified atom stereocenters. The minimum atomic E-state index is 1.03. The quantitative estimate of drug-likeness (QED) is 0.580. The van der Waals surface area contributed by atoms with Crippen molar-refractivity contribution in [3.63, 3.8) is 0 Å². The van der Waals surface area contributed by atoms with Crippen LogP contribution in [0.3, 0.4) is 0 Å². The molecule has 0 radical (unpaired) electrons. The summed E-state index contributed by atoms with van der Waals surface area (Å²) < 4.78 is 0. The molecule has 1 aromatic rings. The molecule has 0 saturated heterocycles. The van der Waals surface area contributed by atoms with E-state index in [-0.39, 0.29) is 0 Å². The van der Waals surface area contributed by atoms with Gasteiger partial charge in [0.15, 0.2) is 0 Å². The van der Waals surface area contributed by atoms with Crippen LogP contribution in [0.4, 0.5) is 0 Å². The van der Waals surface area contributed by atoms with Crippen molar-refractivity contribution in [3.05, 3.63) is 59.7 Å². The summed E-state index contributed by atoms with van der Waals surface area (Å²) in [6, 6.07) is 8.66. The molecule has 0 heterocycles. The van der Waals surface area contributed by atoms with Gasteiger partial charge in [-0.05, 0) is 47.1 Å². The molecule has 3 rings (SSSR count). The zero-order valence-electron chi connectivity index (χ0n) is 8.79. The van der Waals surface area contributed by atoms with Crippen LogP contribution in [0, 0.1) is 0 Å². The molecule has 1 aromatic carbocycles. The topological polar surface area (TPSA) is 0 Å². The number of fused-ring (bicyclic) bond motifs is 2. The van der Waals surface area contributed by atoms with Gasteiger partial charge in [-0.2, -0.15) is 0 Å². The number of benzene rings is 1. The van der Waals surface area contributed by atoms with Gasteiger partial charge in [0.1, 0.15) is 0 Å². The summed E-state index contributed by atoms with van der Waals surface area (Å²) in [4.78, 5) is 0. The molecule has 0 spiro atoms. The van der Waals surface area contributed by atoms with Gasteiger partial charge in [0.25, 0.3) is 0 Å². The molecule has 0 aromatic heterocycles. The van der Waals surface area contributed by atoms with Crippen LogP contribution < -0.4 is 0 Å². The first-order valence-electron chi connectivity index (χ1n) is 5.52. The van der Waals surface area contributed by atoms with Crippen molar-refractivity contribution < 1.29 is 0 Å². The lowest BCUT2D eigenvalue weighted by atomic mass is 9.79. The highest BCUT2D eigenvalue weighted by atomic mass is 14.2. The lowest BCUT2D eigenvalue weighted by Crippen LogP contribution is -2.04. The second-order valence-electron chi connectivity index (χ2n) is 4.27. The Bertz CT molecular complexity index is 487. The molecule has 15 heavy (non-hydrogen) atoms. The zero-order chi connectivity index (χ0) is 10.3.